The second-order valence-electron chi connectivity index (χ2n) is 16.9. The smallest absolute Gasteiger partial charge is 0.179 e. The van der Waals surface area contributed by atoms with Gasteiger partial charge in [-0.2, -0.15) is 0 Å². The van der Waals surface area contributed by atoms with Gasteiger partial charge in [-0.3, -0.25) is 0 Å². The van der Waals surface area contributed by atoms with Crippen LogP contribution in [0, 0.1) is 0 Å². The third-order valence-corrected chi connectivity index (χ3v) is 18.2. The molecule has 284 valence electrons. The van der Waals surface area contributed by atoms with E-state index in [4.69, 9.17) is 0 Å². The SMILES string of the molecule is CC1(C)c2ccccc2-c2ccc3c(c21)c1ccccc1n3-c1ccc([Si](c2ccccc2)(c2ccccc2)c2ccc3c4ccccc4n(-c4ccccc4)c3c2)cc1. The van der Waals surface area contributed by atoms with Gasteiger partial charge in [0.2, 0.25) is 0 Å². The lowest BCUT2D eigenvalue weighted by Crippen LogP contribution is -2.74. The lowest BCUT2D eigenvalue weighted by Gasteiger charge is -2.34. The third kappa shape index (κ3) is 4.81. The Balaban J connectivity index is 1.11. The summed E-state index contributed by atoms with van der Waals surface area (Å²) in [7, 11) is -2.90. The van der Waals surface area contributed by atoms with E-state index in [0.29, 0.717) is 0 Å². The predicted molar refractivity (Wildman–Crippen MR) is 256 cm³/mol. The van der Waals surface area contributed by atoms with Gasteiger partial charge in [-0.25, -0.2) is 0 Å². The van der Waals surface area contributed by atoms with E-state index in [1.165, 1.54) is 98.0 Å². The van der Waals surface area contributed by atoms with Crippen LogP contribution in [0.15, 0.2) is 218 Å². The molecule has 12 rings (SSSR count). The first-order valence-electron chi connectivity index (χ1n) is 21.0. The second-order valence-corrected chi connectivity index (χ2v) is 20.7. The summed E-state index contributed by atoms with van der Waals surface area (Å²) in [5.74, 6) is 0. The third-order valence-electron chi connectivity index (χ3n) is 13.4. The Morgan fingerprint density at radius 1 is 0.350 bits per heavy atom. The van der Waals surface area contributed by atoms with Crippen LogP contribution in [0.25, 0.3) is 66.1 Å². The summed E-state index contributed by atoms with van der Waals surface area (Å²) < 4.78 is 4.94. The number of hydrogen-bond donors (Lipinski definition) is 0. The molecule has 9 aromatic carbocycles. The monoisotopic (exact) mass is 782 g/mol. The number of rotatable bonds is 6. The van der Waals surface area contributed by atoms with Crippen molar-refractivity contribution in [3.8, 4) is 22.5 Å². The molecule has 0 radical (unpaired) electrons. The van der Waals surface area contributed by atoms with Crippen molar-refractivity contribution in [2.24, 2.45) is 0 Å². The lowest BCUT2D eigenvalue weighted by atomic mass is 9.80. The summed E-state index contributed by atoms with van der Waals surface area (Å²) in [5, 5.41) is 10.6. The fourth-order valence-corrected chi connectivity index (χ4v) is 15.6. The number of aromatic nitrogens is 2. The maximum atomic E-state index is 2.51. The Morgan fingerprint density at radius 2 is 0.850 bits per heavy atom. The minimum Gasteiger partial charge on any atom is -0.309 e. The topological polar surface area (TPSA) is 9.86 Å². The van der Waals surface area contributed by atoms with E-state index in [0.717, 1.165) is 0 Å². The average Bonchev–Trinajstić information content (AvgIpc) is 3.91. The van der Waals surface area contributed by atoms with Crippen molar-refractivity contribution in [3.05, 3.63) is 230 Å². The summed E-state index contributed by atoms with van der Waals surface area (Å²) in [6, 6.07) is 81.8. The molecule has 0 atom stereocenters. The Labute approximate surface area is 351 Å². The summed E-state index contributed by atoms with van der Waals surface area (Å²) >= 11 is 0. The minimum absolute atomic E-state index is 0.117. The van der Waals surface area contributed by atoms with E-state index in [-0.39, 0.29) is 5.41 Å². The van der Waals surface area contributed by atoms with Gasteiger partial charge in [0.25, 0.3) is 0 Å². The molecular weight excluding hydrogens is 741 g/mol. The van der Waals surface area contributed by atoms with Crippen LogP contribution in [0.2, 0.25) is 0 Å². The van der Waals surface area contributed by atoms with E-state index < -0.39 is 8.07 Å². The zero-order chi connectivity index (χ0) is 40.0. The molecule has 0 spiro atoms. The van der Waals surface area contributed by atoms with Gasteiger partial charge in [0.15, 0.2) is 8.07 Å². The normalized spacial score (nSPS) is 13.3. The summed E-state index contributed by atoms with van der Waals surface area (Å²) in [4.78, 5) is 0. The Bertz CT molecular complexity index is 3390. The number of hydrogen-bond acceptors (Lipinski definition) is 0. The van der Waals surface area contributed by atoms with Gasteiger partial charge in [-0.1, -0.05) is 184 Å². The standard InChI is InChI=1S/C57H42N2Si/c1-57(2)50-27-15-12-24-45(50)48-36-37-53-55(56(48)57)49-26-14-17-29-52(49)58(53)40-30-32-43(33-31-40)60(41-20-8-4-9-21-41,42-22-10-5-11-23-42)44-34-35-47-46-25-13-16-28-51(46)59(54(47)38-44)39-18-6-3-7-19-39/h3-38H,1-2H3. The van der Waals surface area contributed by atoms with Crippen LogP contribution in [-0.2, 0) is 5.41 Å². The van der Waals surface area contributed by atoms with E-state index in [1.54, 1.807) is 0 Å². The van der Waals surface area contributed by atoms with Crippen molar-refractivity contribution < 1.29 is 0 Å². The van der Waals surface area contributed by atoms with Gasteiger partial charge < -0.3 is 9.13 Å². The molecule has 11 aromatic rings. The van der Waals surface area contributed by atoms with Gasteiger partial charge >= 0.3 is 0 Å². The van der Waals surface area contributed by atoms with Crippen LogP contribution in [-0.4, -0.2) is 17.2 Å². The van der Waals surface area contributed by atoms with E-state index >= 15 is 0 Å². The maximum Gasteiger partial charge on any atom is 0.179 e. The number of nitrogens with zero attached hydrogens (tertiary/aromatic N) is 2. The van der Waals surface area contributed by atoms with Crippen LogP contribution < -0.4 is 20.7 Å². The van der Waals surface area contributed by atoms with Crippen LogP contribution >= 0.6 is 0 Å². The van der Waals surface area contributed by atoms with Gasteiger partial charge in [0.1, 0.15) is 0 Å². The molecule has 0 amide bonds. The molecule has 0 bridgehead atoms. The van der Waals surface area contributed by atoms with Crippen LogP contribution in [0.3, 0.4) is 0 Å². The largest absolute Gasteiger partial charge is 0.309 e. The summed E-state index contributed by atoms with van der Waals surface area (Å²) in [6.45, 7) is 4.79. The Kier molecular flexibility index (Phi) is 7.63. The van der Waals surface area contributed by atoms with Gasteiger partial charge in [0, 0.05) is 38.3 Å². The quantitative estimate of drug-likeness (QED) is 0.117. The zero-order valence-corrected chi connectivity index (χ0v) is 34.7. The molecule has 0 saturated heterocycles. The molecule has 60 heavy (non-hydrogen) atoms. The minimum atomic E-state index is -2.90. The van der Waals surface area contributed by atoms with Crippen LogP contribution in [0.4, 0.5) is 0 Å². The van der Waals surface area contributed by atoms with E-state index in [1.807, 2.05) is 0 Å². The molecule has 1 aliphatic carbocycles. The molecule has 2 nitrogen and oxygen atoms in total. The summed E-state index contributed by atoms with van der Waals surface area (Å²) in [6.07, 6.45) is 0. The highest BCUT2D eigenvalue weighted by molar-refractivity contribution is 7.20. The van der Waals surface area contributed by atoms with Crippen molar-refractivity contribution in [3.63, 3.8) is 0 Å². The first kappa shape index (κ1) is 34.8. The predicted octanol–water partition coefficient (Wildman–Crippen LogP) is 11.6. The molecule has 0 aliphatic heterocycles. The molecular formula is C57H42N2Si. The molecule has 2 heterocycles. The van der Waals surface area contributed by atoms with Gasteiger partial charge in [0.05, 0.1) is 22.1 Å². The van der Waals surface area contributed by atoms with Gasteiger partial charge in [-0.15, -0.1) is 0 Å². The fourth-order valence-electron chi connectivity index (χ4n) is 10.9. The lowest BCUT2D eigenvalue weighted by molar-refractivity contribution is 0.666. The fraction of sp³-hybridized carbons (Fsp3) is 0.0526. The first-order valence-corrected chi connectivity index (χ1v) is 23.0. The molecule has 0 fully saturated rings. The molecule has 1 aliphatic rings. The number of benzene rings is 9. The molecule has 2 aromatic heterocycles. The highest BCUT2D eigenvalue weighted by atomic mass is 28.3. The highest BCUT2D eigenvalue weighted by Gasteiger charge is 2.42. The molecule has 0 unspecified atom stereocenters. The number of para-hydroxylation sites is 3. The second kappa shape index (κ2) is 13.2. The van der Waals surface area contributed by atoms with Crippen molar-refractivity contribution in [2.45, 2.75) is 19.3 Å². The Hall–Kier alpha value is -7.20. The zero-order valence-electron chi connectivity index (χ0n) is 33.7. The molecule has 3 heteroatoms. The summed E-state index contributed by atoms with van der Waals surface area (Å²) in [5.41, 5.74) is 12.7. The van der Waals surface area contributed by atoms with Crippen molar-refractivity contribution in [2.75, 3.05) is 0 Å². The molecule has 0 saturated carbocycles. The van der Waals surface area contributed by atoms with Gasteiger partial charge in [-0.05, 0) is 91.5 Å². The van der Waals surface area contributed by atoms with E-state index in [2.05, 4.69) is 241 Å². The van der Waals surface area contributed by atoms with Crippen molar-refractivity contribution in [1.29, 1.82) is 0 Å². The molecule has 0 N–H and O–H groups in total. The Morgan fingerprint density at radius 3 is 1.55 bits per heavy atom. The van der Waals surface area contributed by atoms with Crippen molar-refractivity contribution >= 4 is 72.4 Å². The van der Waals surface area contributed by atoms with Crippen LogP contribution in [0.1, 0.15) is 25.0 Å². The van der Waals surface area contributed by atoms with E-state index in [9.17, 15) is 0 Å². The highest BCUT2D eigenvalue weighted by Crippen LogP contribution is 2.53. The number of fused-ring (bicyclic) bond motifs is 10. The maximum absolute atomic E-state index is 2.90. The first-order chi connectivity index (χ1) is 29.5. The van der Waals surface area contributed by atoms with Crippen molar-refractivity contribution in [1.82, 2.24) is 9.13 Å². The average molecular weight is 783 g/mol. The van der Waals surface area contributed by atoms with Crippen LogP contribution in [0.5, 0.6) is 0 Å².